The van der Waals surface area contributed by atoms with Crippen molar-refractivity contribution in [1.82, 2.24) is 4.90 Å². The summed E-state index contributed by atoms with van der Waals surface area (Å²) in [6.45, 7) is 0.0142. The van der Waals surface area contributed by atoms with Gasteiger partial charge in [-0.15, -0.1) is 0 Å². The van der Waals surface area contributed by atoms with E-state index in [4.69, 9.17) is 14.2 Å². The lowest BCUT2D eigenvalue weighted by atomic mass is 10.0. The molecule has 0 fully saturated rings. The van der Waals surface area contributed by atoms with Gasteiger partial charge in [0.2, 0.25) is 6.79 Å². The standard InChI is InChI=1S/C18H16N2O5/c1-23-16(21)9-20-17(11-6-7-14-15(8-11)25-10-24-14)19-13-5-3-2-4-12(13)18(20)22/h2-8,17,19H,9-10H2,1H3. The van der Waals surface area contributed by atoms with E-state index in [2.05, 4.69) is 5.32 Å². The molecular formula is C18H16N2O5. The van der Waals surface area contributed by atoms with Gasteiger partial charge in [-0.2, -0.15) is 0 Å². The molecule has 2 heterocycles. The molecule has 7 heteroatoms. The number of ether oxygens (including phenoxy) is 3. The third-order valence-electron chi connectivity index (χ3n) is 4.26. The molecule has 1 amide bonds. The SMILES string of the molecule is COC(=O)CN1C(=O)c2ccccc2NC1c1ccc2c(c1)OCO2. The maximum atomic E-state index is 12.9. The number of anilines is 1. The molecule has 2 aromatic rings. The Morgan fingerprint density at radius 2 is 2.04 bits per heavy atom. The summed E-state index contributed by atoms with van der Waals surface area (Å²) in [5, 5.41) is 3.32. The van der Waals surface area contributed by atoms with Gasteiger partial charge in [0.05, 0.1) is 12.7 Å². The highest BCUT2D eigenvalue weighted by Gasteiger charge is 2.35. The van der Waals surface area contributed by atoms with Gasteiger partial charge in [-0.3, -0.25) is 9.59 Å². The zero-order chi connectivity index (χ0) is 17.4. The number of carbonyl (C=O) groups excluding carboxylic acids is 2. The van der Waals surface area contributed by atoms with Gasteiger partial charge in [0.15, 0.2) is 11.5 Å². The number of esters is 1. The van der Waals surface area contributed by atoms with Crippen molar-refractivity contribution >= 4 is 17.6 Å². The zero-order valence-electron chi connectivity index (χ0n) is 13.5. The first-order valence-electron chi connectivity index (χ1n) is 7.80. The highest BCUT2D eigenvalue weighted by Crippen LogP contribution is 2.38. The van der Waals surface area contributed by atoms with Crippen LogP contribution < -0.4 is 14.8 Å². The summed E-state index contributed by atoms with van der Waals surface area (Å²) in [7, 11) is 1.30. The molecule has 0 radical (unpaired) electrons. The van der Waals surface area contributed by atoms with Crippen LogP contribution in [-0.4, -0.2) is 37.2 Å². The van der Waals surface area contributed by atoms with Crippen LogP contribution in [0.5, 0.6) is 11.5 Å². The minimum atomic E-state index is -0.518. The van der Waals surface area contributed by atoms with Crippen LogP contribution in [0.3, 0.4) is 0 Å². The smallest absolute Gasteiger partial charge is 0.325 e. The van der Waals surface area contributed by atoms with E-state index in [9.17, 15) is 9.59 Å². The average molecular weight is 340 g/mol. The van der Waals surface area contributed by atoms with Crippen molar-refractivity contribution in [3.05, 3.63) is 53.6 Å². The van der Waals surface area contributed by atoms with E-state index in [1.54, 1.807) is 18.2 Å². The number of para-hydroxylation sites is 1. The molecule has 0 bridgehead atoms. The van der Waals surface area contributed by atoms with Gasteiger partial charge in [0, 0.05) is 5.69 Å². The normalized spacial score (nSPS) is 17.7. The number of hydrogen-bond donors (Lipinski definition) is 1. The van der Waals surface area contributed by atoms with Gasteiger partial charge in [0.1, 0.15) is 12.7 Å². The summed E-state index contributed by atoms with van der Waals surface area (Å²) < 4.78 is 15.5. The Labute approximate surface area is 144 Å². The molecule has 1 unspecified atom stereocenters. The van der Waals surface area contributed by atoms with E-state index in [0.717, 1.165) is 11.3 Å². The van der Waals surface area contributed by atoms with Gasteiger partial charge in [-0.1, -0.05) is 18.2 Å². The van der Waals surface area contributed by atoms with Crippen molar-refractivity contribution in [3.63, 3.8) is 0 Å². The predicted octanol–water partition coefficient (Wildman–Crippen LogP) is 2.15. The first-order valence-corrected chi connectivity index (χ1v) is 7.80. The fourth-order valence-electron chi connectivity index (χ4n) is 3.01. The fraction of sp³-hybridized carbons (Fsp3) is 0.222. The van der Waals surface area contributed by atoms with Crippen molar-refractivity contribution in [2.75, 3.05) is 25.8 Å². The lowest BCUT2D eigenvalue weighted by molar-refractivity contribution is -0.141. The highest BCUT2D eigenvalue weighted by atomic mass is 16.7. The summed E-state index contributed by atoms with van der Waals surface area (Å²) in [4.78, 5) is 26.2. The van der Waals surface area contributed by atoms with Gasteiger partial charge in [-0.05, 0) is 29.8 Å². The van der Waals surface area contributed by atoms with Gasteiger partial charge >= 0.3 is 5.97 Å². The van der Waals surface area contributed by atoms with E-state index >= 15 is 0 Å². The average Bonchev–Trinajstić information content (AvgIpc) is 3.11. The minimum Gasteiger partial charge on any atom is -0.468 e. The number of amides is 1. The van der Waals surface area contributed by atoms with Crippen LogP contribution in [0.2, 0.25) is 0 Å². The third-order valence-corrected chi connectivity index (χ3v) is 4.26. The number of hydrogen-bond acceptors (Lipinski definition) is 6. The molecule has 0 saturated heterocycles. The quantitative estimate of drug-likeness (QED) is 0.863. The zero-order valence-corrected chi connectivity index (χ0v) is 13.5. The third kappa shape index (κ3) is 2.63. The maximum Gasteiger partial charge on any atom is 0.325 e. The summed E-state index contributed by atoms with van der Waals surface area (Å²) in [6, 6.07) is 12.7. The molecule has 1 atom stereocenters. The topological polar surface area (TPSA) is 77.1 Å². The van der Waals surface area contributed by atoms with Crippen molar-refractivity contribution in [2.24, 2.45) is 0 Å². The van der Waals surface area contributed by atoms with E-state index in [-0.39, 0.29) is 19.2 Å². The second-order valence-electron chi connectivity index (χ2n) is 5.71. The molecule has 2 aliphatic heterocycles. The van der Waals surface area contributed by atoms with E-state index in [1.807, 2.05) is 24.3 Å². The Hall–Kier alpha value is -3.22. The van der Waals surface area contributed by atoms with Crippen molar-refractivity contribution in [3.8, 4) is 11.5 Å². The molecule has 0 aliphatic carbocycles. The number of carbonyl (C=O) groups is 2. The first-order chi connectivity index (χ1) is 12.2. The Bertz CT molecular complexity index is 851. The number of nitrogens with one attached hydrogen (secondary N) is 1. The molecule has 0 saturated carbocycles. The van der Waals surface area contributed by atoms with Crippen molar-refractivity contribution < 1.29 is 23.8 Å². The van der Waals surface area contributed by atoms with Crippen LogP contribution in [0.15, 0.2) is 42.5 Å². The number of methoxy groups -OCH3 is 1. The molecule has 4 rings (SSSR count). The van der Waals surface area contributed by atoms with Crippen LogP contribution in [0.25, 0.3) is 0 Å². The molecular weight excluding hydrogens is 324 g/mol. The van der Waals surface area contributed by atoms with Crippen LogP contribution >= 0.6 is 0 Å². The van der Waals surface area contributed by atoms with Crippen LogP contribution in [0.1, 0.15) is 22.1 Å². The molecule has 0 aromatic heterocycles. The molecule has 7 nitrogen and oxygen atoms in total. The van der Waals surface area contributed by atoms with E-state index in [1.165, 1.54) is 12.0 Å². The minimum absolute atomic E-state index is 0.157. The Morgan fingerprint density at radius 3 is 2.88 bits per heavy atom. The first kappa shape index (κ1) is 15.3. The number of rotatable bonds is 3. The van der Waals surface area contributed by atoms with E-state index < -0.39 is 12.1 Å². The molecule has 1 N–H and O–H groups in total. The van der Waals surface area contributed by atoms with Gasteiger partial charge < -0.3 is 24.4 Å². The molecule has 2 aliphatic rings. The Morgan fingerprint density at radius 1 is 1.24 bits per heavy atom. The molecule has 0 spiro atoms. The van der Waals surface area contributed by atoms with Crippen LogP contribution in [0, 0.1) is 0 Å². The molecule has 25 heavy (non-hydrogen) atoms. The highest BCUT2D eigenvalue weighted by molar-refractivity contribution is 6.02. The number of benzene rings is 2. The maximum absolute atomic E-state index is 12.9. The fourth-order valence-corrected chi connectivity index (χ4v) is 3.01. The monoisotopic (exact) mass is 340 g/mol. The molecule has 128 valence electrons. The van der Waals surface area contributed by atoms with Gasteiger partial charge in [-0.25, -0.2) is 0 Å². The lowest BCUT2D eigenvalue weighted by Gasteiger charge is -2.37. The van der Waals surface area contributed by atoms with Gasteiger partial charge in [0.25, 0.3) is 5.91 Å². The Balaban J connectivity index is 1.75. The van der Waals surface area contributed by atoms with Crippen molar-refractivity contribution in [2.45, 2.75) is 6.17 Å². The second kappa shape index (κ2) is 6.01. The summed E-state index contributed by atoms with van der Waals surface area (Å²) in [6.07, 6.45) is -0.518. The lowest BCUT2D eigenvalue weighted by Crippen LogP contribution is -2.45. The Kier molecular flexibility index (Phi) is 3.68. The molecule has 2 aromatic carbocycles. The summed E-state index contributed by atoms with van der Waals surface area (Å²) in [5.41, 5.74) is 2.02. The predicted molar refractivity (Wildman–Crippen MR) is 88.4 cm³/mol. The second-order valence-corrected chi connectivity index (χ2v) is 5.71. The number of nitrogens with zero attached hydrogens (tertiary/aromatic N) is 1. The summed E-state index contributed by atoms with van der Waals surface area (Å²) >= 11 is 0. The number of fused-ring (bicyclic) bond motifs is 2. The van der Waals surface area contributed by atoms with Crippen LogP contribution in [-0.2, 0) is 9.53 Å². The van der Waals surface area contributed by atoms with Crippen LogP contribution in [0.4, 0.5) is 5.69 Å². The van der Waals surface area contributed by atoms with Crippen molar-refractivity contribution in [1.29, 1.82) is 0 Å². The van der Waals surface area contributed by atoms with E-state index in [0.29, 0.717) is 17.1 Å². The summed E-state index contributed by atoms with van der Waals surface area (Å²) in [5.74, 6) is 0.553. The largest absolute Gasteiger partial charge is 0.468 e.